The summed E-state index contributed by atoms with van der Waals surface area (Å²) >= 11 is 9.12. The van der Waals surface area contributed by atoms with E-state index in [1.165, 1.54) is 0 Å². The Labute approximate surface area is 90.4 Å². The van der Waals surface area contributed by atoms with Crippen LogP contribution in [0.3, 0.4) is 0 Å². The minimum absolute atomic E-state index is 0.181. The largest absolute Gasteiger partial charge is 0.383 e. The van der Waals surface area contributed by atoms with Crippen molar-refractivity contribution in [2.75, 3.05) is 13.7 Å². The van der Waals surface area contributed by atoms with Gasteiger partial charge >= 0.3 is 0 Å². The van der Waals surface area contributed by atoms with Crippen LogP contribution in [0.5, 0.6) is 0 Å². The lowest BCUT2D eigenvalue weighted by molar-refractivity contribution is 0.180. The predicted octanol–water partition coefficient (Wildman–Crippen LogP) is 2.14. The van der Waals surface area contributed by atoms with Gasteiger partial charge in [0.2, 0.25) is 0 Å². The first-order chi connectivity index (χ1) is 6.16. The van der Waals surface area contributed by atoms with Gasteiger partial charge < -0.3 is 10.5 Å². The highest BCUT2D eigenvalue weighted by Crippen LogP contribution is 2.27. The summed E-state index contributed by atoms with van der Waals surface area (Å²) in [4.78, 5) is 3.90. The zero-order valence-corrected chi connectivity index (χ0v) is 9.47. The molecule has 0 bridgehead atoms. The molecule has 0 fully saturated rings. The van der Waals surface area contributed by atoms with Crippen molar-refractivity contribution in [3.8, 4) is 0 Å². The lowest BCUT2D eigenvalue weighted by Crippen LogP contribution is -2.16. The van der Waals surface area contributed by atoms with Gasteiger partial charge in [-0.25, -0.2) is 4.98 Å². The third-order valence-corrected chi connectivity index (χ3v) is 2.97. The Kier molecular flexibility index (Phi) is 4.12. The third-order valence-electron chi connectivity index (χ3n) is 1.62. The average Bonchev–Trinajstić information content (AvgIpc) is 2.10. The molecule has 1 aromatic rings. The molecule has 72 valence electrons. The normalized spacial score (nSPS) is 12.9. The van der Waals surface area contributed by atoms with Crippen LogP contribution < -0.4 is 5.73 Å². The van der Waals surface area contributed by atoms with Gasteiger partial charge in [-0.15, -0.1) is 0 Å². The van der Waals surface area contributed by atoms with Crippen LogP contribution in [-0.2, 0) is 4.74 Å². The molecule has 1 heterocycles. The van der Waals surface area contributed by atoms with Crippen molar-refractivity contribution in [3.05, 3.63) is 27.5 Å². The summed E-state index contributed by atoms with van der Waals surface area (Å²) in [6.07, 6.45) is 1.62. The fourth-order valence-electron chi connectivity index (χ4n) is 0.988. The minimum atomic E-state index is -0.181. The van der Waals surface area contributed by atoms with E-state index < -0.39 is 0 Å². The van der Waals surface area contributed by atoms with E-state index in [0.29, 0.717) is 11.8 Å². The zero-order valence-electron chi connectivity index (χ0n) is 7.13. The molecule has 0 saturated carbocycles. The Hall–Kier alpha value is -0.160. The Balaban J connectivity index is 2.93. The van der Waals surface area contributed by atoms with Gasteiger partial charge in [-0.3, -0.25) is 0 Å². The summed E-state index contributed by atoms with van der Waals surface area (Å²) in [5.74, 6) is 0. The first-order valence-electron chi connectivity index (χ1n) is 3.71. The summed E-state index contributed by atoms with van der Waals surface area (Å²) in [6, 6.07) is 1.64. The van der Waals surface area contributed by atoms with Crippen molar-refractivity contribution >= 4 is 27.5 Å². The van der Waals surface area contributed by atoms with Crippen LogP contribution in [0.25, 0.3) is 0 Å². The number of hydrogen-bond acceptors (Lipinski definition) is 3. The number of hydrogen-bond donors (Lipinski definition) is 1. The second-order valence-corrected chi connectivity index (χ2v) is 3.72. The van der Waals surface area contributed by atoms with Gasteiger partial charge in [-0.1, -0.05) is 11.6 Å². The van der Waals surface area contributed by atoms with Crippen LogP contribution >= 0.6 is 27.5 Å². The van der Waals surface area contributed by atoms with Crippen LogP contribution in [0.15, 0.2) is 16.7 Å². The molecule has 0 aliphatic rings. The molecule has 0 amide bonds. The highest BCUT2D eigenvalue weighted by molar-refractivity contribution is 9.10. The van der Waals surface area contributed by atoms with E-state index in [-0.39, 0.29) is 6.04 Å². The van der Waals surface area contributed by atoms with Gasteiger partial charge in [-0.05, 0) is 27.6 Å². The standard InChI is InChI=1S/C8H10BrClN2O/c1-13-4-6(11)5-2-3-12-8(10)7(5)9/h2-3,6H,4,11H2,1H3/t6-/m0/s1. The highest BCUT2D eigenvalue weighted by Gasteiger charge is 2.11. The molecule has 1 atom stereocenters. The molecular weight excluding hydrogens is 255 g/mol. The van der Waals surface area contributed by atoms with E-state index in [4.69, 9.17) is 22.1 Å². The van der Waals surface area contributed by atoms with E-state index in [1.54, 1.807) is 13.3 Å². The van der Waals surface area contributed by atoms with E-state index in [0.717, 1.165) is 10.0 Å². The van der Waals surface area contributed by atoms with E-state index in [2.05, 4.69) is 20.9 Å². The third kappa shape index (κ3) is 2.64. The maximum atomic E-state index is 5.83. The Morgan fingerprint density at radius 3 is 3.08 bits per heavy atom. The number of rotatable bonds is 3. The molecule has 1 aromatic heterocycles. The van der Waals surface area contributed by atoms with Crippen LogP contribution in [0.2, 0.25) is 5.15 Å². The van der Waals surface area contributed by atoms with E-state index >= 15 is 0 Å². The topological polar surface area (TPSA) is 48.1 Å². The number of halogens is 2. The molecule has 0 aliphatic heterocycles. The number of aromatic nitrogens is 1. The van der Waals surface area contributed by atoms with Crippen LogP contribution in [-0.4, -0.2) is 18.7 Å². The molecule has 0 radical (unpaired) electrons. The Bertz CT molecular complexity index is 295. The Morgan fingerprint density at radius 2 is 2.46 bits per heavy atom. The zero-order chi connectivity index (χ0) is 9.84. The quantitative estimate of drug-likeness (QED) is 0.852. The molecule has 5 heteroatoms. The number of nitrogens with zero attached hydrogens (tertiary/aromatic N) is 1. The van der Waals surface area contributed by atoms with E-state index in [1.807, 2.05) is 6.07 Å². The van der Waals surface area contributed by atoms with Crippen molar-refractivity contribution < 1.29 is 4.74 Å². The van der Waals surface area contributed by atoms with Crippen LogP contribution in [0.4, 0.5) is 0 Å². The molecular formula is C8H10BrClN2O. The summed E-state index contributed by atoms with van der Waals surface area (Å²) in [6.45, 7) is 0.457. The summed E-state index contributed by atoms with van der Waals surface area (Å²) in [5, 5.41) is 0.420. The Morgan fingerprint density at radius 1 is 1.77 bits per heavy atom. The van der Waals surface area contributed by atoms with Gasteiger partial charge in [0.15, 0.2) is 0 Å². The van der Waals surface area contributed by atoms with Crippen LogP contribution in [0, 0.1) is 0 Å². The van der Waals surface area contributed by atoms with E-state index in [9.17, 15) is 0 Å². The minimum Gasteiger partial charge on any atom is -0.383 e. The van der Waals surface area contributed by atoms with Gasteiger partial charge in [0.25, 0.3) is 0 Å². The first-order valence-corrected chi connectivity index (χ1v) is 4.88. The first kappa shape index (κ1) is 10.9. The monoisotopic (exact) mass is 264 g/mol. The maximum Gasteiger partial charge on any atom is 0.143 e. The number of ether oxygens (including phenoxy) is 1. The van der Waals surface area contributed by atoms with Crippen molar-refractivity contribution in [1.82, 2.24) is 4.98 Å². The number of pyridine rings is 1. The van der Waals surface area contributed by atoms with Crippen molar-refractivity contribution in [3.63, 3.8) is 0 Å². The molecule has 0 aromatic carbocycles. The summed E-state index contributed by atoms with van der Waals surface area (Å²) < 4.78 is 5.68. The molecule has 13 heavy (non-hydrogen) atoms. The summed E-state index contributed by atoms with van der Waals surface area (Å²) in [7, 11) is 1.61. The lowest BCUT2D eigenvalue weighted by atomic mass is 10.1. The predicted molar refractivity (Wildman–Crippen MR) is 55.8 cm³/mol. The molecule has 0 unspecified atom stereocenters. The average molecular weight is 266 g/mol. The summed E-state index contributed by atoms with van der Waals surface area (Å²) in [5.41, 5.74) is 6.74. The molecule has 0 spiro atoms. The molecule has 0 aliphatic carbocycles. The van der Waals surface area contributed by atoms with Crippen LogP contribution in [0.1, 0.15) is 11.6 Å². The highest BCUT2D eigenvalue weighted by atomic mass is 79.9. The molecule has 0 saturated heterocycles. The van der Waals surface area contributed by atoms with Crippen molar-refractivity contribution in [2.45, 2.75) is 6.04 Å². The smallest absolute Gasteiger partial charge is 0.143 e. The number of nitrogens with two attached hydrogens (primary N) is 1. The maximum absolute atomic E-state index is 5.83. The number of methoxy groups -OCH3 is 1. The SMILES string of the molecule is COC[C@H](N)c1ccnc(Cl)c1Br. The van der Waals surface area contributed by atoms with Gasteiger partial charge in [0.1, 0.15) is 5.15 Å². The molecule has 1 rings (SSSR count). The lowest BCUT2D eigenvalue weighted by Gasteiger charge is -2.12. The fraction of sp³-hybridized carbons (Fsp3) is 0.375. The second kappa shape index (κ2) is 4.91. The van der Waals surface area contributed by atoms with Gasteiger partial charge in [0, 0.05) is 13.3 Å². The molecule has 2 N–H and O–H groups in total. The fourth-order valence-corrected chi connectivity index (χ4v) is 1.68. The molecule has 3 nitrogen and oxygen atoms in total. The van der Waals surface area contributed by atoms with Crippen molar-refractivity contribution in [1.29, 1.82) is 0 Å². The van der Waals surface area contributed by atoms with Gasteiger partial charge in [-0.2, -0.15) is 0 Å². The van der Waals surface area contributed by atoms with Crippen molar-refractivity contribution in [2.24, 2.45) is 5.73 Å². The van der Waals surface area contributed by atoms with Gasteiger partial charge in [0.05, 0.1) is 17.1 Å². The second-order valence-electron chi connectivity index (χ2n) is 2.57.